The Hall–Kier alpha value is -2.64. The second-order valence-corrected chi connectivity index (χ2v) is 6.43. The Kier molecular flexibility index (Phi) is 7.57. The van der Waals surface area contributed by atoms with E-state index < -0.39 is 0 Å². The fourth-order valence-corrected chi connectivity index (χ4v) is 3.05. The summed E-state index contributed by atoms with van der Waals surface area (Å²) in [6.45, 7) is 5.85. The highest BCUT2D eigenvalue weighted by atomic mass is 16.5. The summed E-state index contributed by atoms with van der Waals surface area (Å²) in [5, 5.41) is 5.67. The van der Waals surface area contributed by atoms with Crippen LogP contribution in [-0.2, 0) is 11.3 Å². The molecule has 3 amide bonds. The van der Waals surface area contributed by atoms with Crippen LogP contribution in [0.4, 0.5) is 4.79 Å². The number of rotatable bonds is 9. The summed E-state index contributed by atoms with van der Waals surface area (Å²) in [7, 11) is 3.12. The number of methoxy groups -OCH3 is 2. The predicted molar refractivity (Wildman–Crippen MR) is 101 cm³/mol. The third-order valence-electron chi connectivity index (χ3n) is 4.31. The molecule has 1 unspecified atom stereocenters. The number of ether oxygens (including phenoxy) is 3. The van der Waals surface area contributed by atoms with E-state index in [1.807, 2.05) is 13.8 Å². The molecule has 1 aromatic rings. The lowest BCUT2D eigenvalue weighted by Gasteiger charge is -2.22. The van der Waals surface area contributed by atoms with Crippen LogP contribution in [-0.4, -0.2) is 56.8 Å². The topological polar surface area (TPSA) is 89.1 Å². The van der Waals surface area contributed by atoms with E-state index in [2.05, 4.69) is 10.6 Å². The molecule has 1 aliphatic rings. The van der Waals surface area contributed by atoms with E-state index in [1.54, 1.807) is 31.3 Å². The van der Waals surface area contributed by atoms with Gasteiger partial charge in [-0.15, -0.1) is 0 Å². The summed E-state index contributed by atoms with van der Waals surface area (Å²) in [5.41, 5.74) is 0.824. The van der Waals surface area contributed by atoms with Gasteiger partial charge in [0.1, 0.15) is 0 Å². The van der Waals surface area contributed by atoms with Crippen LogP contribution in [0.1, 0.15) is 32.3 Å². The van der Waals surface area contributed by atoms with Crippen molar-refractivity contribution in [2.75, 3.05) is 33.9 Å². The van der Waals surface area contributed by atoms with E-state index >= 15 is 0 Å². The van der Waals surface area contributed by atoms with Crippen LogP contribution in [0.5, 0.6) is 17.2 Å². The summed E-state index contributed by atoms with van der Waals surface area (Å²) < 4.78 is 16.3. The lowest BCUT2D eigenvalue weighted by atomic mass is 10.2. The van der Waals surface area contributed by atoms with Crippen LogP contribution in [0.2, 0.25) is 0 Å². The molecule has 0 bridgehead atoms. The number of benzene rings is 1. The van der Waals surface area contributed by atoms with Gasteiger partial charge in [0.05, 0.1) is 20.8 Å². The highest BCUT2D eigenvalue weighted by molar-refractivity contribution is 5.78. The molecule has 27 heavy (non-hydrogen) atoms. The Bertz CT molecular complexity index is 640. The van der Waals surface area contributed by atoms with Gasteiger partial charge in [0.2, 0.25) is 11.7 Å². The van der Waals surface area contributed by atoms with Crippen molar-refractivity contribution in [3.63, 3.8) is 0 Å². The Morgan fingerprint density at radius 2 is 1.93 bits per heavy atom. The number of nitrogens with zero attached hydrogens (tertiary/aromatic N) is 1. The molecule has 2 N–H and O–H groups in total. The van der Waals surface area contributed by atoms with Crippen molar-refractivity contribution in [3.05, 3.63) is 17.7 Å². The maximum atomic E-state index is 12.1. The van der Waals surface area contributed by atoms with Gasteiger partial charge in [-0.05, 0) is 38.0 Å². The van der Waals surface area contributed by atoms with Crippen molar-refractivity contribution < 1.29 is 23.8 Å². The molecule has 0 aliphatic carbocycles. The molecule has 0 radical (unpaired) electrons. The number of hydrogen-bond donors (Lipinski definition) is 2. The SMILES string of the molecule is CCOc1c(OC)cc(CNC(=O)NC(C)CN2CCCC2=O)cc1OC. The number of likely N-dealkylation sites (tertiary alicyclic amines) is 1. The molecular formula is C19H29N3O5. The minimum absolute atomic E-state index is 0.128. The van der Waals surface area contributed by atoms with Crippen LogP contribution in [0, 0.1) is 0 Å². The van der Waals surface area contributed by atoms with E-state index in [0.29, 0.717) is 43.4 Å². The fraction of sp³-hybridized carbons (Fsp3) is 0.579. The highest BCUT2D eigenvalue weighted by Gasteiger charge is 2.22. The van der Waals surface area contributed by atoms with E-state index in [1.165, 1.54) is 0 Å². The van der Waals surface area contributed by atoms with Crippen LogP contribution in [0.15, 0.2) is 12.1 Å². The molecule has 1 atom stereocenters. The zero-order chi connectivity index (χ0) is 19.8. The molecule has 1 saturated heterocycles. The summed E-state index contributed by atoms with van der Waals surface area (Å²) in [5.74, 6) is 1.79. The van der Waals surface area contributed by atoms with Crippen LogP contribution < -0.4 is 24.8 Å². The summed E-state index contributed by atoms with van der Waals surface area (Å²) >= 11 is 0. The van der Waals surface area contributed by atoms with Gasteiger partial charge in [0.25, 0.3) is 0 Å². The van der Waals surface area contributed by atoms with Gasteiger partial charge in [-0.25, -0.2) is 4.79 Å². The van der Waals surface area contributed by atoms with Crippen molar-refractivity contribution in [2.24, 2.45) is 0 Å². The third-order valence-corrected chi connectivity index (χ3v) is 4.31. The summed E-state index contributed by atoms with van der Waals surface area (Å²) in [6.07, 6.45) is 1.49. The van der Waals surface area contributed by atoms with Crippen molar-refractivity contribution in [2.45, 2.75) is 39.3 Å². The van der Waals surface area contributed by atoms with Crippen LogP contribution in [0.3, 0.4) is 0 Å². The molecule has 1 aliphatic heterocycles. The monoisotopic (exact) mass is 379 g/mol. The average Bonchev–Trinajstić information content (AvgIpc) is 3.05. The van der Waals surface area contributed by atoms with Crippen molar-refractivity contribution >= 4 is 11.9 Å². The molecule has 0 aromatic heterocycles. The van der Waals surface area contributed by atoms with Crippen molar-refractivity contribution in [1.82, 2.24) is 15.5 Å². The van der Waals surface area contributed by atoms with Crippen LogP contribution in [0.25, 0.3) is 0 Å². The predicted octanol–water partition coefficient (Wildman–Crippen LogP) is 1.91. The van der Waals surface area contributed by atoms with E-state index in [0.717, 1.165) is 18.5 Å². The van der Waals surface area contributed by atoms with Gasteiger partial charge in [-0.2, -0.15) is 0 Å². The number of amides is 3. The standard InChI is InChI=1S/C19H29N3O5/c1-5-27-18-15(25-3)9-14(10-16(18)26-4)11-20-19(24)21-13(2)12-22-8-6-7-17(22)23/h9-10,13H,5-8,11-12H2,1-4H3,(H2,20,21,24). The van der Waals surface area contributed by atoms with Gasteiger partial charge in [0.15, 0.2) is 11.5 Å². The molecule has 8 heteroatoms. The van der Waals surface area contributed by atoms with Crippen molar-refractivity contribution in [1.29, 1.82) is 0 Å². The Morgan fingerprint density at radius 3 is 2.44 bits per heavy atom. The van der Waals surface area contributed by atoms with Gasteiger partial charge in [-0.1, -0.05) is 0 Å². The van der Waals surface area contributed by atoms with Crippen molar-refractivity contribution in [3.8, 4) is 17.2 Å². The normalized spacial score (nSPS) is 14.7. The molecule has 2 rings (SSSR count). The Balaban J connectivity index is 1.91. The van der Waals surface area contributed by atoms with E-state index in [4.69, 9.17) is 14.2 Å². The summed E-state index contributed by atoms with van der Waals surface area (Å²) in [6, 6.07) is 3.19. The molecule has 0 spiro atoms. The first-order valence-electron chi connectivity index (χ1n) is 9.18. The third kappa shape index (κ3) is 5.67. The average molecular weight is 379 g/mol. The van der Waals surface area contributed by atoms with Gasteiger partial charge in [-0.3, -0.25) is 4.79 Å². The Morgan fingerprint density at radius 1 is 1.26 bits per heavy atom. The highest BCUT2D eigenvalue weighted by Crippen LogP contribution is 2.38. The maximum absolute atomic E-state index is 12.1. The minimum atomic E-state index is -0.291. The van der Waals surface area contributed by atoms with Crippen LogP contribution >= 0.6 is 0 Å². The number of urea groups is 1. The fourth-order valence-electron chi connectivity index (χ4n) is 3.05. The first kappa shape index (κ1) is 20.7. The van der Waals surface area contributed by atoms with Gasteiger partial charge >= 0.3 is 6.03 Å². The zero-order valence-electron chi connectivity index (χ0n) is 16.5. The summed E-state index contributed by atoms with van der Waals surface area (Å²) in [4.78, 5) is 25.6. The molecule has 0 saturated carbocycles. The molecule has 1 aromatic carbocycles. The first-order valence-corrected chi connectivity index (χ1v) is 9.18. The molecule has 1 fully saturated rings. The lowest BCUT2D eigenvalue weighted by Crippen LogP contribution is -2.46. The second kappa shape index (κ2) is 9.89. The number of carbonyl (C=O) groups excluding carboxylic acids is 2. The molecule has 150 valence electrons. The second-order valence-electron chi connectivity index (χ2n) is 6.43. The number of carbonyl (C=O) groups is 2. The van der Waals surface area contributed by atoms with Gasteiger partial charge < -0.3 is 29.7 Å². The first-order chi connectivity index (χ1) is 13.0. The number of nitrogens with one attached hydrogen (secondary N) is 2. The zero-order valence-corrected chi connectivity index (χ0v) is 16.5. The smallest absolute Gasteiger partial charge is 0.315 e. The Labute approximate surface area is 160 Å². The van der Waals surface area contributed by atoms with E-state index in [9.17, 15) is 9.59 Å². The molecular weight excluding hydrogens is 350 g/mol. The largest absolute Gasteiger partial charge is 0.493 e. The lowest BCUT2D eigenvalue weighted by molar-refractivity contribution is -0.127. The van der Waals surface area contributed by atoms with Gasteiger partial charge in [0, 0.05) is 32.1 Å². The number of hydrogen-bond acceptors (Lipinski definition) is 5. The quantitative estimate of drug-likeness (QED) is 0.684. The van der Waals surface area contributed by atoms with E-state index in [-0.39, 0.29) is 18.0 Å². The maximum Gasteiger partial charge on any atom is 0.315 e. The molecule has 1 heterocycles. The minimum Gasteiger partial charge on any atom is -0.493 e. The molecule has 8 nitrogen and oxygen atoms in total.